The van der Waals surface area contributed by atoms with Gasteiger partial charge in [0, 0.05) is 49.2 Å². The van der Waals surface area contributed by atoms with Crippen molar-refractivity contribution < 1.29 is 14.3 Å². The Hall–Kier alpha value is -3.72. The van der Waals surface area contributed by atoms with E-state index < -0.39 is 6.10 Å². The maximum absolute atomic E-state index is 14.4. The standard InChI is InChI=1S/C24H23FN6O2/c25-18-5-2-8-31-21(18)12-20(28-31)23-22-19(26-14-27-22)7-10-30(23)16-4-1-3-15(11-16)24(33)29-9-6-17(32)13-29/h1-5,8,11-12,14,17,23,32H,6-7,9-10,13H2,(H,26,27)/t17-,23-/m1/s1. The molecule has 33 heavy (non-hydrogen) atoms. The molecule has 0 radical (unpaired) electrons. The third kappa shape index (κ3) is 3.36. The molecular formula is C24H23FN6O2. The summed E-state index contributed by atoms with van der Waals surface area (Å²) in [4.78, 5) is 24.6. The van der Waals surface area contributed by atoms with E-state index in [4.69, 9.17) is 0 Å². The normalized spacial score (nSPS) is 20.4. The quantitative estimate of drug-likeness (QED) is 0.505. The van der Waals surface area contributed by atoms with Gasteiger partial charge in [0.1, 0.15) is 17.4 Å². The van der Waals surface area contributed by atoms with Crippen LogP contribution in [0.2, 0.25) is 0 Å². The van der Waals surface area contributed by atoms with Crippen LogP contribution in [0, 0.1) is 5.82 Å². The van der Waals surface area contributed by atoms with Crippen LogP contribution in [0.4, 0.5) is 10.1 Å². The van der Waals surface area contributed by atoms with Gasteiger partial charge in [0.05, 0.1) is 23.8 Å². The van der Waals surface area contributed by atoms with Crippen LogP contribution in [0.5, 0.6) is 0 Å². The molecule has 8 nitrogen and oxygen atoms in total. The van der Waals surface area contributed by atoms with Gasteiger partial charge in [0.2, 0.25) is 0 Å². The van der Waals surface area contributed by atoms with E-state index in [-0.39, 0.29) is 17.8 Å². The first kappa shape index (κ1) is 19.9. The van der Waals surface area contributed by atoms with Crippen LogP contribution in [-0.2, 0) is 6.42 Å². The van der Waals surface area contributed by atoms with Crippen LogP contribution >= 0.6 is 0 Å². The lowest BCUT2D eigenvalue weighted by Gasteiger charge is -2.36. The maximum Gasteiger partial charge on any atom is 0.254 e. The predicted molar refractivity (Wildman–Crippen MR) is 120 cm³/mol. The van der Waals surface area contributed by atoms with Crippen molar-refractivity contribution in [1.82, 2.24) is 24.5 Å². The number of halogens is 1. The number of hydrogen-bond donors (Lipinski definition) is 2. The summed E-state index contributed by atoms with van der Waals surface area (Å²) >= 11 is 0. The van der Waals surface area contributed by atoms with Crippen LogP contribution in [0.25, 0.3) is 5.52 Å². The van der Waals surface area contributed by atoms with Crippen molar-refractivity contribution in [2.24, 2.45) is 0 Å². The Morgan fingerprint density at radius 1 is 1.18 bits per heavy atom. The number of nitrogens with zero attached hydrogens (tertiary/aromatic N) is 5. The number of hydrogen-bond acceptors (Lipinski definition) is 5. The van der Waals surface area contributed by atoms with Gasteiger partial charge in [0.25, 0.3) is 5.91 Å². The summed E-state index contributed by atoms with van der Waals surface area (Å²) in [6.45, 7) is 1.61. The minimum Gasteiger partial charge on any atom is -0.391 e. The zero-order chi connectivity index (χ0) is 22.5. The summed E-state index contributed by atoms with van der Waals surface area (Å²) in [5, 5.41) is 14.5. The van der Waals surface area contributed by atoms with Crippen molar-refractivity contribution in [2.45, 2.75) is 25.0 Å². The molecule has 9 heteroatoms. The Morgan fingerprint density at radius 3 is 2.91 bits per heavy atom. The lowest BCUT2D eigenvalue weighted by atomic mass is 9.98. The number of aliphatic hydroxyl groups is 1. The van der Waals surface area contributed by atoms with Crippen molar-refractivity contribution in [3.05, 3.63) is 83.5 Å². The Balaban J connectivity index is 1.41. The van der Waals surface area contributed by atoms with Gasteiger partial charge in [-0.3, -0.25) is 4.79 Å². The molecule has 2 N–H and O–H groups in total. The summed E-state index contributed by atoms with van der Waals surface area (Å²) in [5.74, 6) is -0.418. The minimum atomic E-state index is -0.461. The van der Waals surface area contributed by atoms with Crippen molar-refractivity contribution in [3.8, 4) is 0 Å². The highest BCUT2D eigenvalue weighted by molar-refractivity contribution is 5.95. The molecule has 5 heterocycles. The molecular weight excluding hydrogens is 423 g/mol. The number of amides is 1. The molecule has 168 valence electrons. The minimum absolute atomic E-state index is 0.0859. The van der Waals surface area contributed by atoms with Crippen molar-refractivity contribution >= 4 is 17.1 Å². The number of aromatic nitrogens is 4. The van der Waals surface area contributed by atoms with Gasteiger partial charge in [-0.05, 0) is 42.8 Å². The van der Waals surface area contributed by atoms with E-state index in [1.807, 2.05) is 18.2 Å². The van der Waals surface area contributed by atoms with Gasteiger partial charge in [-0.15, -0.1) is 0 Å². The fourth-order valence-corrected chi connectivity index (χ4v) is 4.91. The maximum atomic E-state index is 14.4. The highest BCUT2D eigenvalue weighted by Gasteiger charge is 2.34. The number of benzene rings is 1. The second-order valence-electron chi connectivity index (χ2n) is 8.61. The number of pyridine rings is 1. The van der Waals surface area contributed by atoms with Crippen LogP contribution in [-0.4, -0.2) is 61.2 Å². The Labute approximate surface area is 189 Å². The highest BCUT2D eigenvalue weighted by Crippen LogP contribution is 2.37. The number of nitrogens with one attached hydrogen (secondary N) is 1. The van der Waals surface area contributed by atoms with Crippen molar-refractivity contribution in [1.29, 1.82) is 0 Å². The van der Waals surface area contributed by atoms with Crippen LogP contribution < -0.4 is 4.90 Å². The molecule has 3 aromatic heterocycles. The second-order valence-corrected chi connectivity index (χ2v) is 8.61. The SMILES string of the molecule is O=C(c1cccc(N2CCc3[nH]cnc3[C@H]2c2cc3c(F)cccn3n2)c1)N1CC[C@@H](O)C1. The van der Waals surface area contributed by atoms with Crippen LogP contribution in [0.3, 0.4) is 0 Å². The first-order valence-corrected chi connectivity index (χ1v) is 11.1. The van der Waals surface area contributed by atoms with Gasteiger partial charge < -0.3 is 19.9 Å². The van der Waals surface area contributed by atoms with Crippen molar-refractivity contribution in [2.75, 3.05) is 24.5 Å². The van der Waals surface area contributed by atoms with E-state index in [0.717, 1.165) is 23.5 Å². The molecule has 2 aliphatic rings. The molecule has 4 aromatic rings. The average molecular weight is 446 g/mol. The van der Waals surface area contributed by atoms with E-state index in [1.54, 1.807) is 40.1 Å². The largest absolute Gasteiger partial charge is 0.391 e. The Kier molecular flexibility index (Phi) is 4.65. The number of imidazole rings is 1. The number of carbonyl (C=O) groups excluding carboxylic acids is 1. The topological polar surface area (TPSA) is 89.8 Å². The smallest absolute Gasteiger partial charge is 0.254 e. The number of fused-ring (bicyclic) bond motifs is 2. The van der Waals surface area contributed by atoms with E-state index in [1.165, 1.54) is 6.07 Å². The Bertz CT molecular complexity index is 1350. The third-order valence-corrected chi connectivity index (χ3v) is 6.55. The highest BCUT2D eigenvalue weighted by atomic mass is 19.1. The first-order valence-electron chi connectivity index (χ1n) is 11.1. The predicted octanol–water partition coefficient (Wildman–Crippen LogP) is 2.56. The number of aliphatic hydroxyl groups excluding tert-OH is 1. The molecule has 0 aliphatic carbocycles. The number of likely N-dealkylation sites (tertiary alicyclic amines) is 1. The van der Waals surface area contributed by atoms with Gasteiger partial charge in [-0.25, -0.2) is 13.9 Å². The van der Waals surface area contributed by atoms with Crippen LogP contribution in [0.15, 0.2) is 55.0 Å². The first-order chi connectivity index (χ1) is 16.1. The summed E-state index contributed by atoms with van der Waals surface area (Å²) in [5.41, 5.74) is 4.43. The molecule has 1 saturated heterocycles. The molecule has 0 bridgehead atoms. The summed E-state index contributed by atoms with van der Waals surface area (Å²) in [6, 6.07) is 12.0. The summed E-state index contributed by atoms with van der Waals surface area (Å²) < 4.78 is 15.9. The van der Waals surface area contributed by atoms with Crippen molar-refractivity contribution in [3.63, 3.8) is 0 Å². The van der Waals surface area contributed by atoms with Gasteiger partial charge in [-0.2, -0.15) is 5.10 Å². The monoisotopic (exact) mass is 446 g/mol. The molecule has 0 saturated carbocycles. The zero-order valence-electron chi connectivity index (χ0n) is 17.9. The number of β-amino-alcohol motifs (C(OH)–C–C–N with tert-alkyl or cyclic N) is 1. The number of H-pyrrole nitrogens is 1. The van der Waals surface area contributed by atoms with E-state index >= 15 is 0 Å². The van der Waals surface area contributed by atoms with E-state index in [9.17, 15) is 14.3 Å². The lowest BCUT2D eigenvalue weighted by molar-refractivity contribution is 0.0765. The van der Waals surface area contributed by atoms with E-state index in [0.29, 0.717) is 42.8 Å². The average Bonchev–Trinajstić information content (AvgIpc) is 3.57. The lowest BCUT2D eigenvalue weighted by Crippen LogP contribution is -2.37. The number of carbonyl (C=O) groups is 1. The molecule has 2 atom stereocenters. The van der Waals surface area contributed by atoms with Gasteiger partial charge in [-0.1, -0.05) is 6.07 Å². The Morgan fingerprint density at radius 2 is 2.09 bits per heavy atom. The molecule has 6 rings (SSSR count). The molecule has 0 unspecified atom stereocenters. The number of aromatic amines is 1. The molecule has 0 spiro atoms. The number of rotatable bonds is 3. The van der Waals surface area contributed by atoms with Gasteiger partial charge in [0.15, 0.2) is 0 Å². The summed E-state index contributed by atoms with van der Waals surface area (Å²) in [7, 11) is 0. The molecule has 2 aliphatic heterocycles. The van der Waals surface area contributed by atoms with E-state index in [2.05, 4.69) is 20.0 Å². The number of anilines is 1. The zero-order valence-corrected chi connectivity index (χ0v) is 17.9. The second kappa shape index (κ2) is 7.70. The fourth-order valence-electron chi connectivity index (χ4n) is 4.91. The molecule has 1 aromatic carbocycles. The fraction of sp³-hybridized carbons (Fsp3) is 0.292. The van der Waals surface area contributed by atoms with Gasteiger partial charge >= 0.3 is 0 Å². The third-order valence-electron chi connectivity index (χ3n) is 6.55. The molecule has 1 fully saturated rings. The molecule has 1 amide bonds. The van der Waals surface area contributed by atoms with Crippen LogP contribution in [0.1, 0.15) is 39.9 Å². The summed E-state index contributed by atoms with van der Waals surface area (Å²) in [6.07, 6.45) is 4.31.